The molecule has 193 valence electrons. The zero-order valence-electron chi connectivity index (χ0n) is 20.5. The van der Waals surface area contributed by atoms with E-state index in [1.54, 1.807) is 0 Å². The van der Waals surface area contributed by atoms with E-state index in [4.69, 9.17) is 9.90 Å². The predicted octanol–water partition coefficient (Wildman–Crippen LogP) is -2.14. The van der Waals surface area contributed by atoms with Gasteiger partial charge in [-0.15, -0.1) is 0 Å². The van der Waals surface area contributed by atoms with Gasteiger partial charge in [0.1, 0.15) is 0 Å². The Hall–Kier alpha value is 0.189. The Morgan fingerprint density at radius 2 is 0.750 bits per heavy atom. The van der Waals surface area contributed by atoms with E-state index >= 15 is 0 Å². The molecule has 0 spiro atoms. The van der Waals surface area contributed by atoms with Gasteiger partial charge in [0.05, 0.1) is 0 Å². The van der Waals surface area contributed by atoms with Crippen LogP contribution in [0.3, 0.4) is 0 Å². The van der Waals surface area contributed by atoms with E-state index < -0.39 is 5.97 Å². The quantitative estimate of drug-likeness (QED) is 0.372. The number of carboxylic acids is 1. The molecule has 0 N–H and O–H groups in total. The summed E-state index contributed by atoms with van der Waals surface area (Å²) in [4.78, 5) is 24.1. The molecule has 0 atom stereocenters. The Morgan fingerprint density at radius 1 is 0.594 bits per heavy atom. The molecule has 0 saturated carbocycles. The average Bonchev–Trinajstić information content (AvgIpc) is 2.76. The average molecular weight is 541 g/mol. The van der Waals surface area contributed by atoms with Crippen molar-refractivity contribution in [1.29, 1.82) is 0 Å². The molecule has 0 aromatic heterocycles. The molecule has 2 fully saturated rings. The first-order valence-electron chi connectivity index (χ1n) is 10.6. The van der Waals surface area contributed by atoms with Gasteiger partial charge in [0.15, 0.2) is 0 Å². The Morgan fingerprint density at radius 3 is 0.938 bits per heavy atom. The number of nitrogens with zero attached hydrogens (tertiary/aromatic N) is 6. The summed E-state index contributed by atoms with van der Waals surface area (Å²) in [6, 6.07) is 0. The fourth-order valence-electron chi connectivity index (χ4n) is 3.33. The van der Waals surface area contributed by atoms with Crippen molar-refractivity contribution in [3.05, 3.63) is 0 Å². The maximum Gasteiger partial charge on any atom is 3.00 e. The van der Waals surface area contributed by atoms with E-state index in [-0.39, 0.29) is 45.1 Å². The molecule has 2 saturated heterocycles. The summed E-state index contributed by atoms with van der Waals surface area (Å²) in [5.74, 6) is -1.08. The minimum absolute atomic E-state index is 0. The van der Waals surface area contributed by atoms with Crippen molar-refractivity contribution >= 4 is 5.97 Å². The first-order chi connectivity index (χ1) is 13.3. The minimum Gasteiger partial charge on any atom is -2.00 e. The van der Waals surface area contributed by atoms with Crippen molar-refractivity contribution < 1.29 is 55.0 Å². The van der Waals surface area contributed by atoms with E-state index in [0.717, 1.165) is 6.92 Å². The third kappa shape index (κ3) is 20.8. The Kier molecular flexibility index (Phi) is 28.3. The van der Waals surface area contributed by atoms with Crippen molar-refractivity contribution in [3.63, 3.8) is 0 Å². The number of hydrogen-bond donors (Lipinski definition) is 0. The van der Waals surface area contributed by atoms with Gasteiger partial charge in [-0.2, -0.15) is 0 Å². The zero-order valence-corrected chi connectivity index (χ0v) is 22.8. The van der Waals surface area contributed by atoms with E-state index in [1.807, 2.05) is 0 Å². The largest absolute Gasteiger partial charge is 3.00 e. The minimum atomic E-state index is -1.08. The van der Waals surface area contributed by atoms with Gasteiger partial charge >= 0.3 is 17.1 Å². The molecule has 2 rings (SSSR count). The Bertz CT molecular complexity index is 379. The van der Waals surface area contributed by atoms with Crippen LogP contribution in [0.4, 0.5) is 0 Å². The van der Waals surface area contributed by atoms with Gasteiger partial charge < -0.3 is 40.5 Å². The third-order valence-electron chi connectivity index (χ3n) is 5.65. The van der Waals surface area contributed by atoms with E-state index in [1.165, 1.54) is 91.6 Å². The molecular formula is C20H43Mn2N6O4-2. The SMILES string of the molecule is CC(=O)[O-].CN1CCN(C)CCN(CCN2CCN(C)CCN(C)CC2)CC1.[Mn+3].[Mn].[O-2].[O-2]. The summed E-state index contributed by atoms with van der Waals surface area (Å²) in [6.45, 7) is 17.7. The molecule has 0 aromatic carbocycles. The molecule has 0 bridgehead atoms. The van der Waals surface area contributed by atoms with Crippen LogP contribution < -0.4 is 5.11 Å². The van der Waals surface area contributed by atoms with Crippen LogP contribution in [0, 0.1) is 0 Å². The first kappa shape index (κ1) is 39.4. The van der Waals surface area contributed by atoms with Gasteiger partial charge in [0.2, 0.25) is 0 Å². The molecular weight excluding hydrogens is 498 g/mol. The molecule has 32 heavy (non-hydrogen) atoms. The third-order valence-corrected chi connectivity index (χ3v) is 5.65. The molecule has 1 radical (unpaired) electrons. The van der Waals surface area contributed by atoms with Gasteiger partial charge in [-0.05, 0) is 35.1 Å². The molecule has 0 aromatic rings. The topological polar surface area (TPSA) is 117 Å². The summed E-state index contributed by atoms with van der Waals surface area (Å²) in [5, 5.41) is 8.89. The van der Waals surface area contributed by atoms with E-state index in [9.17, 15) is 0 Å². The second kappa shape index (κ2) is 23.0. The first-order valence-corrected chi connectivity index (χ1v) is 10.6. The maximum absolute atomic E-state index is 8.89. The van der Waals surface area contributed by atoms with Gasteiger partial charge in [-0.25, -0.2) is 0 Å². The van der Waals surface area contributed by atoms with E-state index in [0.29, 0.717) is 0 Å². The smallest absolute Gasteiger partial charge is 2.00 e. The molecule has 2 aliphatic rings. The molecule has 2 heterocycles. The number of carbonyl (C=O) groups is 1. The fourth-order valence-corrected chi connectivity index (χ4v) is 3.33. The molecule has 10 nitrogen and oxygen atoms in total. The van der Waals surface area contributed by atoms with Crippen LogP contribution in [0.1, 0.15) is 6.92 Å². The van der Waals surface area contributed by atoms with Crippen molar-refractivity contribution in [1.82, 2.24) is 29.4 Å². The van der Waals surface area contributed by atoms with Crippen LogP contribution >= 0.6 is 0 Å². The summed E-state index contributed by atoms with van der Waals surface area (Å²) in [6.07, 6.45) is 0. The normalized spacial score (nSPS) is 21.0. The summed E-state index contributed by atoms with van der Waals surface area (Å²) in [5.41, 5.74) is 0. The van der Waals surface area contributed by atoms with Crippen molar-refractivity contribution in [2.45, 2.75) is 6.92 Å². The summed E-state index contributed by atoms with van der Waals surface area (Å²) >= 11 is 0. The van der Waals surface area contributed by atoms with Crippen molar-refractivity contribution in [2.24, 2.45) is 0 Å². The standard InChI is InChI=1S/C18H40N6.C2H4O2.2Mn.2O/c1-19-5-6-20(2)10-14-23(13-9-19)17-18-24-15-11-21(3)7-8-22(4)12-16-24;1-2(3)4;;;;/h5-18H2,1-4H3;1H3,(H,3,4);;;;/q;;;+3;2*-2/p-1. The van der Waals surface area contributed by atoms with Gasteiger partial charge in [0, 0.05) is 115 Å². The van der Waals surface area contributed by atoms with Crippen molar-refractivity contribution in [2.75, 3.05) is 120 Å². The van der Waals surface area contributed by atoms with Gasteiger partial charge in [-0.3, -0.25) is 9.80 Å². The fraction of sp³-hybridized carbons (Fsp3) is 0.950. The Balaban J connectivity index is -0.000000452. The molecule has 2 aliphatic heterocycles. The number of rotatable bonds is 3. The second-order valence-corrected chi connectivity index (χ2v) is 8.39. The van der Waals surface area contributed by atoms with Crippen LogP contribution in [0.15, 0.2) is 0 Å². The summed E-state index contributed by atoms with van der Waals surface area (Å²) < 4.78 is 0. The number of likely N-dealkylation sites (N-methyl/N-ethyl adjacent to an activating group) is 4. The van der Waals surface area contributed by atoms with Crippen LogP contribution in [0.25, 0.3) is 0 Å². The van der Waals surface area contributed by atoms with Crippen molar-refractivity contribution in [3.8, 4) is 0 Å². The van der Waals surface area contributed by atoms with Crippen LogP contribution in [0.5, 0.6) is 0 Å². The number of carbonyl (C=O) groups excluding carboxylic acids is 1. The maximum atomic E-state index is 8.89. The van der Waals surface area contributed by atoms with Crippen LogP contribution in [0.2, 0.25) is 0 Å². The van der Waals surface area contributed by atoms with Crippen LogP contribution in [-0.4, -0.2) is 155 Å². The van der Waals surface area contributed by atoms with Gasteiger partial charge in [-0.1, -0.05) is 0 Å². The van der Waals surface area contributed by atoms with Crippen LogP contribution in [-0.2, 0) is 49.9 Å². The monoisotopic (exact) mass is 541 g/mol. The summed E-state index contributed by atoms with van der Waals surface area (Å²) in [7, 11) is 9.02. The molecule has 0 unspecified atom stereocenters. The van der Waals surface area contributed by atoms with Gasteiger partial charge in [0.25, 0.3) is 0 Å². The zero-order chi connectivity index (χ0) is 20.9. The van der Waals surface area contributed by atoms with E-state index in [2.05, 4.69) is 57.6 Å². The molecule has 0 aliphatic carbocycles. The predicted molar refractivity (Wildman–Crippen MR) is 115 cm³/mol. The Labute approximate surface area is 216 Å². The molecule has 12 heteroatoms. The molecule has 0 amide bonds. The number of carboxylic acid groups (broad SMARTS) is 1. The number of hydrogen-bond acceptors (Lipinski definition) is 8. The second-order valence-electron chi connectivity index (χ2n) is 8.39. The number of aliphatic carboxylic acids is 1.